The van der Waals surface area contributed by atoms with Crippen LogP contribution in [0.3, 0.4) is 0 Å². The van der Waals surface area contributed by atoms with Crippen molar-refractivity contribution in [1.82, 2.24) is 5.32 Å². The number of carbonyl (C=O) groups is 3. The van der Waals surface area contributed by atoms with Crippen molar-refractivity contribution in [2.45, 2.75) is 5.92 Å². The molecule has 15 heteroatoms. The quantitative estimate of drug-likeness (QED) is 0.0397. The SMILES string of the molecule is O=C(NCCOCCOCCOCCOCCOCCOCCOCCOCCOCCOC(=O)C(=O)c1ccccc1)OCC1c2ccccc2-c2ccccc21. The zero-order chi connectivity index (χ0) is 40.7. The van der Waals surface area contributed by atoms with Crippen LogP contribution < -0.4 is 5.32 Å². The Bertz CT molecular complexity index is 1530. The lowest BCUT2D eigenvalue weighted by Crippen LogP contribution is -2.29. The molecule has 0 saturated heterocycles. The monoisotopic (exact) mass is 811 g/mol. The van der Waals surface area contributed by atoms with E-state index in [0.29, 0.717) is 124 Å². The highest BCUT2D eigenvalue weighted by Crippen LogP contribution is 2.44. The molecule has 0 heterocycles. The van der Waals surface area contributed by atoms with Gasteiger partial charge in [0.15, 0.2) is 0 Å². The van der Waals surface area contributed by atoms with Gasteiger partial charge in [-0.1, -0.05) is 78.9 Å². The predicted octanol–water partition coefficient (Wildman–Crippen LogP) is 4.10. The number of ether oxygens (including phenoxy) is 11. The van der Waals surface area contributed by atoms with E-state index < -0.39 is 17.8 Å². The van der Waals surface area contributed by atoms with E-state index in [1.807, 2.05) is 24.3 Å². The standard InChI is InChI=1S/C43H57NO14/c45-41(35-8-2-1-3-9-35)42(46)57-33-32-56-31-30-55-29-28-54-27-26-53-25-24-52-23-22-51-21-20-50-19-18-49-17-16-48-15-14-44-43(47)58-34-40-38-12-6-4-10-36(38)37-11-5-7-13-39(37)40/h1-13,40H,14-34H2,(H,44,47). The van der Waals surface area contributed by atoms with E-state index in [1.165, 1.54) is 22.3 Å². The number of rotatable bonds is 34. The van der Waals surface area contributed by atoms with Gasteiger partial charge in [0.1, 0.15) is 13.2 Å². The summed E-state index contributed by atoms with van der Waals surface area (Å²) in [6.45, 7) is 8.09. The third-order valence-electron chi connectivity index (χ3n) is 8.52. The molecule has 0 aliphatic heterocycles. The lowest BCUT2D eigenvalue weighted by Gasteiger charge is -2.14. The molecule has 3 aromatic rings. The van der Waals surface area contributed by atoms with Crippen LogP contribution in [-0.4, -0.2) is 157 Å². The topological polar surface area (TPSA) is 165 Å². The summed E-state index contributed by atoms with van der Waals surface area (Å²) in [5, 5.41) is 2.74. The van der Waals surface area contributed by atoms with E-state index in [1.54, 1.807) is 30.3 Å². The summed E-state index contributed by atoms with van der Waals surface area (Å²) in [7, 11) is 0. The Morgan fingerprint density at radius 1 is 0.414 bits per heavy atom. The number of hydrogen-bond acceptors (Lipinski definition) is 14. The van der Waals surface area contributed by atoms with Gasteiger partial charge in [0.2, 0.25) is 0 Å². The third-order valence-corrected chi connectivity index (χ3v) is 8.52. The average Bonchev–Trinajstić information content (AvgIpc) is 3.58. The summed E-state index contributed by atoms with van der Waals surface area (Å²) in [6, 6.07) is 24.7. The fourth-order valence-corrected chi connectivity index (χ4v) is 5.70. The molecule has 15 nitrogen and oxygen atoms in total. The van der Waals surface area contributed by atoms with Gasteiger partial charge in [0.25, 0.3) is 5.78 Å². The second-order valence-corrected chi connectivity index (χ2v) is 12.6. The summed E-state index contributed by atoms with van der Waals surface area (Å²) in [5.74, 6) is -1.55. The van der Waals surface area contributed by atoms with Crippen LogP contribution >= 0.6 is 0 Å². The molecule has 0 radical (unpaired) electrons. The Hall–Kier alpha value is -4.29. The minimum Gasteiger partial charge on any atom is -0.457 e. The van der Waals surface area contributed by atoms with Crippen LogP contribution in [0, 0.1) is 0 Å². The molecular weight excluding hydrogens is 754 g/mol. The lowest BCUT2D eigenvalue weighted by atomic mass is 9.98. The van der Waals surface area contributed by atoms with Crippen LogP contribution in [0.5, 0.6) is 0 Å². The van der Waals surface area contributed by atoms with Gasteiger partial charge in [-0.05, 0) is 22.3 Å². The number of hydrogen-bond donors (Lipinski definition) is 1. The van der Waals surface area contributed by atoms with Crippen molar-refractivity contribution in [2.75, 3.05) is 139 Å². The molecule has 0 atom stereocenters. The number of Topliss-reactive ketones (excluding diaryl/α,β-unsaturated/α-hetero) is 1. The van der Waals surface area contributed by atoms with Gasteiger partial charge < -0.3 is 57.4 Å². The smallest absolute Gasteiger partial charge is 0.407 e. The molecule has 0 fully saturated rings. The molecule has 318 valence electrons. The number of esters is 1. The molecule has 58 heavy (non-hydrogen) atoms. The molecule has 1 amide bonds. The zero-order valence-electron chi connectivity index (χ0n) is 33.1. The van der Waals surface area contributed by atoms with Gasteiger partial charge in [0, 0.05) is 18.0 Å². The summed E-state index contributed by atoms with van der Waals surface area (Å²) < 4.78 is 59.7. The van der Waals surface area contributed by atoms with Gasteiger partial charge in [-0.25, -0.2) is 9.59 Å². The van der Waals surface area contributed by atoms with Crippen molar-refractivity contribution >= 4 is 17.8 Å². The number of carbonyl (C=O) groups excluding carboxylic acids is 3. The molecule has 1 aliphatic carbocycles. The van der Waals surface area contributed by atoms with Crippen molar-refractivity contribution in [3.05, 3.63) is 95.6 Å². The lowest BCUT2D eigenvalue weighted by molar-refractivity contribution is -0.139. The van der Waals surface area contributed by atoms with Gasteiger partial charge in [-0.3, -0.25) is 4.79 Å². The van der Waals surface area contributed by atoms with Gasteiger partial charge in [-0.15, -0.1) is 0 Å². The van der Waals surface area contributed by atoms with Crippen molar-refractivity contribution < 1.29 is 66.5 Å². The number of alkyl carbamates (subject to hydrolysis) is 1. The van der Waals surface area contributed by atoms with Crippen molar-refractivity contribution in [3.8, 4) is 11.1 Å². The number of ketones is 1. The van der Waals surface area contributed by atoms with E-state index in [4.69, 9.17) is 52.1 Å². The molecular formula is C43H57NO14. The maximum Gasteiger partial charge on any atom is 0.407 e. The number of amides is 1. The van der Waals surface area contributed by atoms with Crippen molar-refractivity contribution in [1.29, 1.82) is 0 Å². The third kappa shape index (κ3) is 18.5. The highest BCUT2D eigenvalue weighted by Gasteiger charge is 2.29. The molecule has 0 bridgehead atoms. The first-order valence-corrected chi connectivity index (χ1v) is 19.7. The summed E-state index contributed by atoms with van der Waals surface area (Å²) in [5.41, 5.74) is 5.04. The average molecular weight is 812 g/mol. The Morgan fingerprint density at radius 2 is 0.776 bits per heavy atom. The zero-order valence-corrected chi connectivity index (χ0v) is 33.1. The van der Waals surface area contributed by atoms with Gasteiger partial charge >= 0.3 is 12.1 Å². The minimum atomic E-state index is -0.902. The maximum atomic E-state index is 12.3. The van der Waals surface area contributed by atoms with E-state index in [9.17, 15) is 14.4 Å². The molecule has 3 aromatic carbocycles. The largest absolute Gasteiger partial charge is 0.457 e. The molecule has 0 aromatic heterocycles. The number of fused-ring (bicyclic) bond motifs is 3. The normalized spacial score (nSPS) is 11.9. The first kappa shape index (κ1) is 46.4. The molecule has 0 unspecified atom stereocenters. The predicted molar refractivity (Wildman–Crippen MR) is 212 cm³/mol. The second kappa shape index (κ2) is 29.9. The number of nitrogens with one attached hydrogen (secondary N) is 1. The van der Waals surface area contributed by atoms with Crippen LogP contribution in [0.4, 0.5) is 4.79 Å². The van der Waals surface area contributed by atoms with Crippen LogP contribution in [0.2, 0.25) is 0 Å². The Labute approximate surface area is 340 Å². The molecule has 4 rings (SSSR count). The fraction of sp³-hybridized carbons (Fsp3) is 0.512. The van der Waals surface area contributed by atoms with Gasteiger partial charge in [-0.2, -0.15) is 0 Å². The Balaban J connectivity index is 0.790. The maximum absolute atomic E-state index is 12.3. The van der Waals surface area contributed by atoms with Crippen molar-refractivity contribution in [3.63, 3.8) is 0 Å². The van der Waals surface area contributed by atoms with Crippen LogP contribution in [-0.2, 0) is 56.9 Å². The number of benzene rings is 3. The second-order valence-electron chi connectivity index (χ2n) is 12.6. The van der Waals surface area contributed by atoms with E-state index in [2.05, 4.69) is 29.6 Å². The van der Waals surface area contributed by atoms with Gasteiger partial charge in [0.05, 0.1) is 119 Å². The van der Waals surface area contributed by atoms with E-state index >= 15 is 0 Å². The van der Waals surface area contributed by atoms with Crippen LogP contribution in [0.15, 0.2) is 78.9 Å². The first-order chi connectivity index (χ1) is 28.6. The van der Waals surface area contributed by atoms with E-state index in [-0.39, 0.29) is 25.7 Å². The minimum absolute atomic E-state index is 0.00944. The van der Waals surface area contributed by atoms with Crippen molar-refractivity contribution in [2.24, 2.45) is 0 Å². The molecule has 1 N–H and O–H groups in total. The van der Waals surface area contributed by atoms with Crippen LogP contribution in [0.25, 0.3) is 11.1 Å². The molecule has 1 aliphatic rings. The first-order valence-electron chi connectivity index (χ1n) is 19.7. The fourth-order valence-electron chi connectivity index (χ4n) is 5.70. The Morgan fingerprint density at radius 3 is 1.21 bits per heavy atom. The highest BCUT2D eigenvalue weighted by molar-refractivity contribution is 6.40. The molecule has 0 saturated carbocycles. The van der Waals surface area contributed by atoms with E-state index in [0.717, 1.165) is 0 Å². The summed E-state index contributed by atoms with van der Waals surface area (Å²) >= 11 is 0. The Kier molecular flexibility index (Phi) is 23.9. The van der Waals surface area contributed by atoms with Crippen LogP contribution in [0.1, 0.15) is 27.4 Å². The summed E-state index contributed by atoms with van der Waals surface area (Å²) in [6.07, 6.45) is -0.461. The highest BCUT2D eigenvalue weighted by atomic mass is 16.6. The molecule has 0 spiro atoms. The summed E-state index contributed by atoms with van der Waals surface area (Å²) in [4.78, 5) is 35.9.